The maximum absolute atomic E-state index is 9.45. The lowest BCUT2D eigenvalue weighted by Gasteiger charge is -2.46. The van der Waals surface area contributed by atoms with Gasteiger partial charge in [-0.15, -0.1) is 0 Å². The first-order valence-electron chi connectivity index (χ1n) is 6.79. The Morgan fingerprint density at radius 1 is 1.40 bits per heavy atom. The van der Waals surface area contributed by atoms with Crippen molar-refractivity contribution in [1.82, 2.24) is 4.90 Å². The second-order valence-electron chi connectivity index (χ2n) is 5.46. The van der Waals surface area contributed by atoms with Crippen molar-refractivity contribution in [3.63, 3.8) is 0 Å². The zero-order chi connectivity index (χ0) is 14.9. The highest BCUT2D eigenvalue weighted by atomic mass is 15.1. The van der Waals surface area contributed by atoms with Crippen LogP contribution >= 0.6 is 0 Å². The standard InChI is InChI=1S/C15H17N5/c1-3-20-5-4-11-12(6-16)14(19)15(8-17,9-18)10(2)13(11)7-20/h4,10,12-13,19H,3,5,7H2,1-2H3/t10-,12?,13+/m0/s1. The zero-order valence-electron chi connectivity index (χ0n) is 11.7. The van der Waals surface area contributed by atoms with Gasteiger partial charge < -0.3 is 5.41 Å². The highest BCUT2D eigenvalue weighted by Crippen LogP contribution is 2.48. The van der Waals surface area contributed by atoms with Crippen LogP contribution in [0.2, 0.25) is 0 Å². The van der Waals surface area contributed by atoms with E-state index in [0.29, 0.717) is 0 Å². The molecule has 102 valence electrons. The summed E-state index contributed by atoms with van der Waals surface area (Å²) in [5.41, 5.74) is -0.597. The minimum Gasteiger partial charge on any atom is -0.305 e. The topological polar surface area (TPSA) is 98.5 Å². The molecular formula is C15H17N5. The quantitative estimate of drug-likeness (QED) is 0.731. The number of nitrogens with one attached hydrogen (secondary N) is 1. The maximum Gasteiger partial charge on any atom is 0.185 e. The molecule has 1 unspecified atom stereocenters. The van der Waals surface area contributed by atoms with Crippen LogP contribution < -0.4 is 0 Å². The highest BCUT2D eigenvalue weighted by molar-refractivity contribution is 5.99. The summed E-state index contributed by atoms with van der Waals surface area (Å²) in [5.74, 6) is -0.994. The summed E-state index contributed by atoms with van der Waals surface area (Å²) in [6.45, 7) is 6.34. The van der Waals surface area contributed by atoms with Crippen LogP contribution in [0, 0.1) is 62.6 Å². The second-order valence-corrected chi connectivity index (χ2v) is 5.46. The van der Waals surface area contributed by atoms with Gasteiger partial charge in [0.25, 0.3) is 0 Å². The van der Waals surface area contributed by atoms with Gasteiger partial charge in [0.1, 0.15) is 5.92 Å². The summed E-state index contributed by atoms with van der Waals surface area (Å²) in [5, 5.41) is 36.5. The van der Waals surface area contributed by atoms with E-state index in [1.807, 2.05) is 25.1 Å². The van der Waals surface area contributed by atoms with E-state index in [0.717, 1.165) is 25.2 Å². The third-order valence-corrected chi connectivity index (χ3v) is 4.73. The van der Waals surface area contributed by atoms with Gasteiger partial charge in [0.2, 0.25) is 0 Å². The maximum atomic E-state index is 9.45. The molecule has 0 amide bonds. The molecule has 0 aromatic heterocycles. The highest BCUT2D eigenvalue weighted by Gasteiger charge is 2.55. The van der Waals surface area contributed by atoms with E-state index >= 15 is 0 Å². The van der Waals surface area contributed by atoms with Crippen molar-refractivity contribution in [1.29, 1.82) is 21.2 Å². The molecule has 1 saturated carbocycles. The van der Waals surface area contributed by atoms with Gasteiger partial charge in [-0.1, -0.05) is 19.9 Å². The third kappa shape index (κ3) is 1.73. The monoisotopic (exact) mass is 267 g/mol. The molecule has 20 heavy (non-hydrogen) atoms. The van der Waals surface area contributed by atoms with Crippen LogP contribution in [0.4, 0.5) is 0 Å². The van der Waals surface area contributed by atoms with Gasteiger partial charge in [-0.2, -0.15) is 15.8 Å². The molecule has 0 radical (unpaired) electrons. The number of hydrogen-bond acceptors (Lipinski definition) is 5. The van der Waals surface area contributed by atoms with Crippen LogP contribution in [0.25, 0.3) is 0 Å². The summed E-state index contributed by atoms with van der Waals surface area (Å²) < 4.78 is 0. The lowest BCUT2D eigenvalue weighted by molar-refractivity contribution is 0.184. The predicted molar refractivity (Wildman–Crippen MR) is 73.3 cm³/mol. The molecule has 5 nitrogen and oxygen atoms in total. The Kier molecular flexibility index (Phi) is 3.62. The number of hydrogen-bond donors (Lipinski definition) is 1. The molecule has 2 aliphatic rings. The first-order valence-corrected chi connectivity index (χ1v) is 6.79. The Balaban J connectivity index is 2.54. The Hall–Kier alpha value is -2.16. The molecule has 0 saturated heterocycles. The van der Waals surface area contributed by atoms with E-state index in [2.05, 4.69) is 17.9 Å². The van der Waals surface area contributed by atoms with Gasteiger partial charge in [0.05, 0.1) is 23.9 Å². The summed E-state index contributed by atoms with van der Waals surface area (Å²) in [4.78, 5) is 2.23. The molecule has 3 atom stereocenters. The smallest absolute Gasteiger partial charge is 0.185 e. The fourth-order valence-corrected chi connectivity index (χ4v) is 3.31. The molecule has 0 bridgehead atoms. The number of rotatable bonds is 1. The molecule has 1 aliphatic heterocycles. The predicted octanol–water partition coefficient (Wildman–Crippen LogP) is 1.71. The fraction of sp³-hybridized carbons (Fsp3) is 0.600. The molecule has 0 aromatic carbocycles. The Bertz CT molecular complexity index is 569. The van der Waals surface area contributed by atoms with Crippen LogP contribution in [0.3, 0.4) is 0 Å². The molecule has 0 spiro atoms. The van der Waals surface area contributed by atoms with Crippen LogP contribution in [0.1, 0.15) is 13.8 Å². The summed E-state index contributed by atoms with van der Waals surface area (Å²) in [7, 11) is 0. The average Bonchev–Trinajstić information content (AvgIpc) is 2.49. The van der Waals surface area contributed by atoms with Crippen molar-refractivity contribution in [2.24, 2.45) is 23.2 Å². The van der Waals surface area contributed by atoms with E-state index in [4.69, 9.17) is 5.41 Å². The number of nitriles is 3. The van der Waals surface area contributed by atoms with Crippen LogP contribution in [-0.2, 0) is 0 Å². The summed E-state index contributed by atoms with van der Waals surface area (Å²) >= 11 is 0. The van der Waals surface area contributed by atoms with Gasteiger partial charge in [-0.3, -0.25) is 4.90 Å². The zero-order valence-corrected chi connectivity index (χ0v) is 11.7. The SMILES string of the molecule is CCN1CC=C2C(C#N)C(=N)C(C#N)(C#N)[C@@H](C)[C@H]2C1. The van der Waals surface area contributed by atoms with E-state index in [9.17, 15) is 15.8 Å². The molecule has 5 heteroatoms. The van der Waals surface area contributed by atoms with E-state index in [1.165, 1.54) is 0 Å². The molecule has 1 heterocycles. The molecule has 2 rings (SSSR count). The number of fused-ring (bicyclic) bond motifs is 1. The van der Waals surface area contributed by atoms with Gasteiger partial charge in [0.15, 0.2) is 5.41 Å². The van der Waals surface area contributed by atoms with Gasteiger partial charge >= 0.3 is 0 Å². The fourth-order valence-electron chi connectivity index (χ4n) is 3.31. The molecule has 1 aliphatic carbocycles. The molecule has 0 aromatic rings. The summed E-state index contributed by atoms with van der Waals surface area (Å²) in [6, 6.07) is 6.14. The largest absolute Gasteiger partial charge is 0.305 e. The lowest BCUT2D eigenvalue weighted by Crippen LogP contribution is -2.53. The average molecular weight is 267 g/mol. The number of nitrogens with zero attached hydrogens (tertiary/aromatic N) is 4. The minimum absolute atomic E-state index is 0.00162. The third-order valence-electron chi connectivity index (χ3n) is 4.73. The van der Waals surface area contributed by atoms with Gasteiger partial charge in [0, 0.05) is 19.0 Å². The Morgan fingerprint density at radius 2 is 2.05 bits per heavy atom. The Labute approximate surface area is 119 Å². The van der Waals surface area contributed by atoms with Crippen molar-refractivity contribution in [2.75, 3.05) is 19.6 Å². The van der Waals surface area contributed by atoms with Gasteiger partial charge in [-0.25, -0.2) is 0 Å². The molecule has 1 fully saturated rings. The van der Waals surface area contributed by atoms with Crippen molar-refractivity contribution in [3.8, 4) is 18.2 Å². The van der Waals surface area contributed by atoms with Crippen molar-refractivity contribution < 1.29 is 0 Å². The second kappa shape index (κ2) is 5.08. The first-order chi connectivity index (χ1) is 9.55. The first kappa shape index (κ1) is 14.3. The number of likely N-dealkylation sites (N-methyl/N-ethyl adjacent to an activating group) is 1. The van der Waals surface area contributed by atoms with Crippen LogP contribution in [0.5, 0.6) is 0 Å². The van der Waals surface area contributed by atoms with Crippen LogP contribution in [0.15, 0.2) is 11.6 Å². The van der Waals surface area contributed by atoms with E-state index in [-0.39, 0.29) is 17.5 Å². The van der Waals surface area contributed by atoms with Crippen molar-refractivity contribution >= 4 is 5.71 Å². The van der Waals surface area contributed by atoms with E-state index in [1.54, 1.807) is 0 Å². The molecular weight excluding hydrogens is 250 g/mol. The van der Waals surface area contributed by atoms with Gasteiger partial charge in [-0.05, 0) is 18.0 Å². The Morgan fingerprint density at radius 3 is 2.55 bits per heavy atom. The van der Waals surface area contributed by atoms with Crippen molar-refractivity contribution in [2.45, 2.75) is 13.8 Å². The normalized spacial score (nSPS) is 32.2. The van der Waals surface area contributed by atoms with E-state index < -0.39 is 11.3 Å². The van der Waals surface area contributed by atoms with Crippen molar-refractivity contribution in [3.05, 3.63) is 11.6 Å². The molecule has 1 N–H and O–H groups in total. The van der Waals surface area contributed by atoms with Crippen LogP contribution in [-0.4, -0.2) is 30.2 Å². The lowest BCUT2D eigenvalue weighted by atomic mass is 9.56. The minimum atomic E-state index is -1.47. The summed E-state index contributed by atoms with van der Waals surface area (Å²) in [6.07, 6.45) is 2.01.